The Morgan fingerprint density at radius 3 is 3.00 bits per heavy atom. The summed E-state index contributed by atoms with van der Waals surface area (Å²) in [4.78, 5) is 20.6. The number of nitrogens with one attached hydrogen (secondary N) is 2. The highest BCUT2D eigenvalue weighted by Gasteiger charge is 2.17. The van der Waals surface area contributed by atoms with E-state index in [0.717, 1.165) is 37.0 Å². The molecule has 2 aromatic heterocycles. The van der Waals surface area contributed by atoms with Crippen molar-refractivity contribution in [1.29, 1.82) is 0 Å². The zero-order valence-electron chi connectivity index (χ0n) is 9.34. The summed E-state index contributed by atoms with van der Waals surface area (Å²) in [5.41, 5.74) is 3.43. The van der Waals surface area contributed by atoms with Gasteiger partial charge in [-0.15, -0.1) is 0 Å². The number of likely N-dealkylation sites (N-methyl/N-ethyl adjacent to an activating group) is 1. The molecule has 1 aliphatic heterocycles. The second-order valence-electron chi connectivity index (χ2n) is 4.48. The Labute approximate surface area is 93.3 Å². The Hall–Kier alpha value is -1.55. The molecule has 84 valence electrons. The normalized spacial score (nSPS) is 17.3. The molecule has 0 atom stereocenters. The summed E-state index contributed by atoms with van der Waals surface area (Å²) in [7, 11) is 2.12. The molecule has 0 bridgehead atoms. The van der Waals surface area contributed by atoms with E-state index in [1.165, 1.54) is 11.3 Å². The molecule has 0 unspecified atom stereocenters. The fourth-order valence-electron chi connectivity index (χ4n) is 2.46. The molecule has 0 aliphatic carbocycles. The maximum absolute atomic E-state index is 11.9. The van der Waals surface area contributed by atoms with E-state index >= 15 is 0 Å². The standard InChI is InChI=1S/C12H15N3O/c1-15-6-3-8-9(4-7-15)14-12-11(8)10(16)2-5-13-12/h2,5H,3-4,6-7H2,1H3,(H2,13,14,16). The van der Waals surface area contributed by atoms with Gasteiger partial charge in [-0.2, -0.15) is 0 Å². The third-order valence-corrected chi connectivity index (χ3v) is 3.39. The fraction of sp³-hybridized carbons (Fsp3) is 0.417. The van der Waals surface area contributed by atoms with Gasteiger partial charge in [0.15, 0.2) is 5.43 Å². The average molecular weight is 217 g/mol. The second-order valence-corrected chi connectivity index (χ2v) is 4.48. The highest BCUT2D eigenvalue weighted by molar-refractivity contribution is 5.81. The van der Waals surface area contributed by atoms with Crippen LogP contribution in [0.2, 0.25) is 0 Å². The van der Waals surface area contributed by atoms with Crippen LogP contribution in [0, 0.1) is 0 Å². The molecule has 0 saturated heterocycles. The van der Waals surface area contributed by atoms with Crippen LogP contribution < -0.4 is 5.43 Å². The van der Waals surface area contributed by atoms with Gasteiger partial charge in [-0.1, -0.05) is 0 Å². The SMILES string of the molecule is CN1CCc2[nH]c3[nH]ccc(=O)c3c2CC1. The smallest absolute Gasteiger partial charge is 0.191 e. The lowest BCUT2D eigenvalue weighted by molar-refractivity contribution is 0.352. The molecule has 0 spiro atoms. The van der Waals surface area contributed by atoms with Gasteiger partial charge in [0.2, 0.25) is 0 Å². The van der Waals surface area contributed by atoms with Crippen molar-refractivity contribution < 1.29 is 0 Å². The van der Waals surface area contributed by atoms with Crippen LogP contribution in [-0.4, -0.2) is 35.0 Å². The number of aromatic amines is 2. The van der Waals surface area contributed by atoms with Crippen molar-refractivity contribution in [3.8, 4) is 0 Å². The van der Waals surface area contributed by atoms with Gasteiger partial charge in [0.05, 0.1) is 5.39 Å². The first kappa shape index (κ1) is 9.66. The Morgan fingerprint density at radius 1 is 1.31 bits per heavy atom. The minimum Gasteiger partial charge on any atom is -0.347 e. The van der Waals surface area contributed by atoms with E-state index in [-0.39, 0.29) is 5.43 Å². The molecule has 16 heavy (non-hydrogen) atoms. The average Bonchev–Trinajstić information content (AvgIpc) is 2.54. The molecule has 0 fully saturated rings. The van der Waals surface area contributed by atoms with Gasteiger partial charge >= 0.3 is 0 Å². The molecule has 3 heterocycles. The van der Waals surface area contributed by atoms with E-state index in [2.05, 4.69) is 21.9 Å². The van der Waals surface area contributed by atoms with Gasteiger partial charge in [0.25, 0.3) is 0 Å². The van der Waals surface area contributed by atoms with Crippen molar-refractivity contribution in [2.45, 2.75) is 12.8 Å². The van der Waals surface area contributed by atoms with Gasteiger partial charge < -0.3 is 14.9 Å². The number of nitrogens with zero attached hydrogens (tertiary/aromatic N) is 1. The van der Waals surface area contributed by atoms with E-state index in [1.54, 1.807) is 12.3 Å². The fourth-order valence-corrected chi connectivity index (χ4v) is 2.46. The lowest BCUT2D eigenvalue weighted by Crippen LogP contribution is -2.21. The minimum absolute atomic E-state index is 0.121. The first-order valence-corrected chi connectivity index (χ1v) is 5.65. The highest BCUT2D eigenvalue weighted by Crippen LogP contribution is 2.21. The number of rotatable bonds is 0. The third-order valence-electron chi connectivity index (χ3n) is 3.39. The van der Waals surface area contributed by atoms with Crippen LogP contribution in [0.5, 0.6) is 0 Å². The largest absolute Gasteiger partial charge is 0.347 e. The Morgan fingerprint density at radius 2 is 2.12 bits per heavy atom. The zero-order chi connectivity index (χ0) is 11.1. The minimum atomic E-state index is 0.121. The Balaban J connectivity index is 2.24. The summed E-state index contributed by atoms with van der Waals surface area (Å²) in [6, 6.07) is 1.60. The summed E-state index contributed by atoms with van der Waals surface area (Å²) in [6.07, 6.45) is 3.65. The summed E-state index contributed by atoms with van der Waals surface area (Å²) >= 11 is 0. The molecular weight excluding hydrogens is 202 g/mol. The molecule has 2 N–H and O–H groups in total. The molecule has 0 aromatic carbocycles. The molecule has 1 aliphatic rings. The van der Waals surface area contributed by atoms with Crippen LogP contribution in [-0.2, 0) is 12.8 Å². The van der Waals surface area contributed by atoms with Crippen molar-refractivity contribution in [2.75, 3.05) is 20.1 Å². The molecule has 0 radical (unpaired) electrons. The number of H-pyrrole nitrogens is 2. The van der Waals surface area contributed by atoms with Crippen molar-refractivity contribution in [1.82, 2.24) is 14.9 Å². The summed E-state index contributed by atoms with van der Waals surface area (Å²) in [5.74, 6) is 0. The maximum Gasteiger partial charge on any atom is 0.191 e. The van der Waals surface area contributed by atoms with Gasteiger partial charge in [-0.05, 0) is 19.0 Å². The predicted octanol–water partition coefficient (Wildman–Crippen LogP) is 0.887. The molecule has 0 amide bonds. The monoisotopic (exact) mass is 217 g/mol. The van der Waals surface area contributed by atoms with E-state index < -0.39 is 0 Å². The van der Waals surface area contributed by atoms with Crippen LogP contribution in [0.1, 0.15) is 11.3 Å². The summed E-state index contributed by atoms with van der Waals surface area (Å²) in [6.45, 7) is 2.07. The first-order valence-electron chi connectivity index (χ1n) is 5.65. The zero-order valence-corrected chi connectivity index (χ0v) is 9.34. The second kappa shape index (κ2) is 3.49. The molecule has 0 saturated carbocycles. The third kappa shape index (κ3) is 1.38. The van der Waals surface area contributed by atoms with Crippen LogP contribution in [0.15, 0.2) is 17.1 Å². The van der Waals surface area contributed by atoms with E-state index in [9.17, 15) is 4.79 Å². The lowest BCUT2D eigenvalue weighted by Gasteiger charge is -2.11. The molecule has 4 nitrogen and oxygen atoms in total. The van der Waals surface area contributed by atoms with Crippen molar-refractivity contribution in [3.63, 3.8) is 0 Å². The molecular formula is C12H15N3O. The Kier molecular flexibility index (Phi) is 2.11. The van der Waals surface area contributed by atoms with Crippen molar-refractivity contribution in [3.05, 3.63) is 33.7 Å². The topological polar surface area (TPSA) is 51.9 Å². The van der Waals surface area contributed by atoms with E-state index in [1.807, 2.05) is 0 Å². The quantitative estimate of drug-likeness (QED) is 0.688. The van der Waals surface area contributed by atoms with Gasteiger partial charge in [-0.25, -0.2) is 0 Å². The van der Waals surface area contributed by atoms with Crippen molar-refractivity contribution in [2.24, 2.45) is 0 Å². The van der Waals surface area contributed by atoms with Crippen LogP contribution in [0.4, 0.5) is 0 Å². The molecule has 2 aromatic rings. The highest BCUT2D eigenvalue weighted by atomic mass is 16.1. The Bertz CT molecular complexity index is 581. The number of pyridine rings is 1. The number of hydrogen-bond donors (Lipinski definition) is 2. The number of fused-ring (bicyclic) bond motifs is 3. The van der Waals surface area contributed by atoms with Crippen LogP contribution in [0.3, 0.4) is 0 Å². The maximum atomic E-state index is 11.9. The predicted molar refractivity (Wildman–Crippen MR) is 63.8 cm³/mol. The van der Waals surface area contributed by atoms with Crippen LogP contribution in [0.25, 0.3) is 11.0 Å². The van der Waals surface area contributed by atoms with Crippen LogP contribution >= 0.6 is 0 Å². The molecule has 3 rings (SSSR count). The number of hydrogen-bond acceptors (Lipinski definition) is 2. The van der Waals surface area contributed by atoms with Crippen molar-refractivity contribution >= 4 is 11.0 Å². The lowest BCUT2D eigenvalue weighted by atomic mass is 10.1. The van der Waals surface area contributed by atoms with Gasteiger partial charge in [0, 0.05) is 37.5 Å². The number of aromatic nitrogens is 2. The first-order chi connectivity index (χ1) is 7.75. The molecule has 4 heteroatoms. The van der Waals surface area contributed by atoms with E-state index in [0.29, 0.717) is 0 Å². The summed E-state index contributed by atoms with van der Waals surface area (Å²) < 4.78 is 0. The van der Waals surface area contributed by atoms with Gasteiger partial charge in [-0.3, -0.25) is 4.79 Å². The van der Waals surface area contributed by atoms with Gasteiger partial charge in [0.1, 0.15) is 5.65 Å². The summed E-state index contributed by atoms with van der Waals surface area (Å²) in [5, 5.41) is 0.854. The van der Waals surface area contributed by atoms with E-state index in [4.69, 9.17) is 0 Å².